The van der Waals surface area contributed by atoms with E-state index in [1.807, 2.05) is 27.7 Å². The van der Waals surface area contributed by atoms with Crippen LogP contribution in [0.25, 0.3) is 5.69 Å². The summed E-state index contributed by atoms with van der Waals surface area (Å²) in [6.07, 6.45) is 0.724. The van der Waals surface area contributed by atoms with Gasteiger partial charge in [-0.2, -0.15) is 4.39 Å². The van der Waals surface area contributed by atoms with Crippen molar-refractivity contribution in [2.75, 3.05) is 0 Å². The predicted molar refractivity (Wildman–Crippen MR) is 79.2 cm³/mol. The Morgan fingerprint density at radius 3 is 2.32 bits per heavy atom. The number of benzene rings is 1. The zero-order valence-corrected chi connectivity index (χ0v) is 12.9. The predicted octanol–water partition coefficient (Wildman–Crippen LogP) is 2.45. The highest BCUT2D eigenvalue weighted by Crippen LogP contribution is 2.36. The van der Waals surface area contributed by atoms with Gasteiger partial charge in [-0.15, -0.1) is 0 Å². The number of hydrogen-bond acceptors (Lipinski definition) is 3. The summed E-state index contributed by atoms with van der Waals surface area (Å²) < 4.78 is 40.2. The molecule has 1 aromatic carbocycles. The van der Waals surface area contributed by atoms with E-state index in [-0.39, 0.29) is 0 Å². The lowest BCUT2D eigenvalue weighted by Gasteiger charge is -2.32. The second-order valence-electron chi connectivity index (χ2n) is 6.37. The maximum Gasteiger partial charge on any atom is 0.516 e. The van der Waals surface area contributed by atoms with Crippen LogP contribution in [-0.4, -0.2) is 27.9 Å². The zero-order chi connectivity index (χ0) is 16.1. The van der Waals surface area contributed by atoms with Gasteiger partial charge >= 0.3 is 7.12 Å². The van der Waals surface area contributed by atoms with Gasteiger partial charge in [-0.3, -0.25) is 4.57 Å². The standard InChI is InChI=1S/C15H17BF2N2O2/c1-14(2)15(3,4)22-16(21-14)12-9-20(13(18)19-12)11-7-5-6-10(17)8-11/h5-9H,1-4H3. The summed E-state index contributed by atoms with van der Waals surface area (Å²) in [5.74, 6) is -0.442. The summed E-state index contributed by atoms with van der Waals surface area (Å²) in [6.45, 7) is 7.64. The minimum absolute atomic E-state index is 0.320. The van der Waals surface area contributed by atoms with Crippen molar-refractivity contribution in [3.8, 4) is 5.69 Å². The van der Waals surface area contributed by atoms with Gasteiger partial charge < -0.3 is 9.31 Å². The first kappa shape index (κ1) is 15.2. The van der Waals surface area contributed by atoms with E-state index in [1.54, 1.807) is 6.07 Å². The first-order chi connectivity index (χ1) is 10.2. The van der Waals surface area contributed by atoms with Gasteiger partial charge in [-0.05, 0) is 45.9 Å². The molecule has 1 aliphatic rings. The van der Waals surface area contributed by atoms with Gasteiger partial charge in [0.15, 0.2) is 0 Å². The molecule has 0 bridgehead atoms. The fraction of sp³-hybridized carbons (Fsp3) is 0.400. The average Bonchev–Trinajstić information content (AvgIpc) is 2.88. The highest BCUT2D eigenvalue weighted by Gasteiger charge is 2.52. The monoisotopic (exact) mass is 306 g/mol. The normalized spacial score (nSPS) is 19.6. The molecule has 1 saturated heterocycles. The summed E-state index contributed by atoms with van der Waals surface area (Å²) in [5.41, 5.74) is -0.388. The second kappa shape index (κ2) is 4.89. The third-order valence-corrected chi connectivity index (χ3v) is 4.26. The van der Waals surface area contributed by atoms with E-state index >= 15 is 0 Å². The lowest BCUT2D eigenvalue weighted by Crippen LogP contribution is -2.41. The number of rotatable bonds is 2. The van der Waals surface area contributed by atoms with Crippen LogP contribution in [0.15, 0.2) is 30.5 Å². The highest BCUT2D eigenvalue weighted by molar-refractivity contribution is 6.61. The Labute approximate surface area is 128 Å². The van der Waals surface area contributed by atoms with Crippen LogP contribution in [0.1, 0.15) is 27.7 Å². The Hall–Kier alpha value is -1.73. The van der Waals surface area contributed by atoms with Gasteiger partial charge in [-0.25, -0.2) is 9.37 Å². The van der Waals surface area contributed by atoms with Gasteiger partial charge in [0, 0.05) is 6.20 Å². The molecule has 0 unspecified atom stereocenters. The van der Waals surface area contributed by atoms with Crippen molar-refractivity contribution in [3.05, 3.63) is 42.4 Å². The average molecular weight is 306 g/mol. The van der Waals surface area contributed by atoms with Crippen molar-refractivity contribution in [1.29, 1.82) is 0 Å². The first-order valence-corrected chi connectivity index (χ1v) is 7.06. The van der Waals surface area contributed by atoms with Crippen LogP contribution < -0.4 is 5.59 Å². The van der Waals surface area contributed by atoms with E-state index in [4.69, 9.17) is 9.31 Å². The second-order valence-corrected chi connectivity index (χ2v) is 6.37. The molecule has 0 amide bonds. The third kappa shape index (κ3) is 2.44. The lowest BCUT2D eigenvalue weighted by molar-refractivity contribution is 0.00578. The Balaban J connectivity index is 1.94. The van der Waals surface area contributed by atoms with Crippen LogP contribution in [0, 0.1) is 11.9 Å². The van der Waals surface area contributed by atoms with Gasteiger partial charge in [0.05, 0.1) is 22.5 Å². The first-order valence-electron chi connectivity index (χ1n) is 7.06. The summed E-state index contributed by atoms with van der Waals surface area (Å²) in [5, 5.41) is 0. The number of aromatic nitrogens is 2. The van der Waals surface area contributed by atoms with E-state index in [0.29, 0.717) is 11.3 Å². The summed E-state index contributed by atoms with van der Waals surface area (Å²) in [6, 6.07) is 5.65. The van der Waals surface area contributed by atoms with E-state index in [2.05, 4.69) is 4.98 Å². The van der Waals surface area contributed by atoms with Crippen LogP contribution in [0.4, 0.5) is 8.78 Å². The molecule has 2 aromatic rings. The van der Waals surface area contributed by atoms with Crippen LogP contribution in [0.3, 0.4) is 0 Å². The Morgan fingerprint density at radius 1 is 1.09 bits per heavy atom. The molecule has 0 N–H and O–H groups in total. The molecule has 116 valence electrons. The van der Waals surface area contributed by atoms with Crippen molar-refractivity contribution in [2.45, 2.75) is 38.9 Å². The number of nitrogens with zero attached hydrogens (tertiary/aromatic N) is 2. The van der Waals surface area contributed by atoms with Gasteiger partial charge in [-0.1, -0.05) is 6.07 Å². The molecule has 0 saturated carbocycles. The molecular formula is C15H17BF2N2O2. The number of hydrogen-bond donors (Lipinski definition) is 0. The fourth-order valence-corrected chi connectivity index (χ4v) is 2.26. The summed E-state index contributed by atoms with van der Waals surface area (Å²) in [7, 11) is -0.755. The quantitative estimate of drug-likeness (QED) is 0.800. The lowest BCUT2D eigenvalue weighted by atomic mass is 9.86. The fourth-order valence-electron chi connectivity index (χ4n) is 2.26. The molecule has 0 spiro atoms. The molecule has 3 rings (SSSR count). The molecule has 4 nitrogen and oxygen atoms in total. The molecule has 1 fully saturated rings. The SMILES string of the molecule is CC1(C)OB(c2cn(-c3cccc(F)c3)c(F)n2)OC1(C)C. The van der Waals surface area contributed by atoms with Crippen molar-refractivity contribution in [1.82, 2.24) is 9.55 Å². The van der Waals surface area contributed by atoms with Crippen LogP contribution in [0.2, 0.25) is 0 Å². The molecule has 7 heteroatoms. The van der Waals surface area contributed by atoms with E-state index in [9.17, 15) is 8.78 Å². The van der Waals surface area contributed by atoms with Gasteiger partial charge in [0.2, 0.25) is 0 Å². The van der Waals surface area contributed by atoms with E-state index < -0.39 is 30.2 Å². The van der Waals surface area contributed by atoms with Crippen molar-refractivity contribution in [2.24, 2.45) is 0 Å². The maximum absolute atomic E-state index is 14.1. The smallest absolute Gasteiger partial charge is 0.398 e. The topological polar surface area (TPSA) is 36.3 Å². The van der Waals surface area contributed by atoms with Gasteiger partial charge in [0.1, 0.15) is 5.82 Å². The Kier molecular flexibility index (Phi) is 3.38. The molecule has 22 heavy (non-hydrogen) atoms. The molecule has 0 aliphatic carbocycles. The van der Waals surface area contributed by atoms with E-state index in [0.717, 1.165) is 0 Å². The largest absolute Gasteiger partial charge is 0.516 e. The van der Waals surface area contributed by atoms with Crippen molar-refractivity contribution >= 4 is 12.7 Å². The molecule has 2 heterocycles. The summed E-state index contributed by atoms with van der Waals surface area (Å²) >= 11 is 0. The molecule has 1 aliphatic heterocycles. The summed E-state index contributed by atoms with van der Waals surface area (Å²) in [4.78, 5) is 3.85. The van der Waals surface area contributed by atoms with Crippen LogP contribution in [0.5, 0.6) is 0 Å². The van der Waals surface area contributed by atoms with Crippen molar-refractivity contribution < 1.29 is 18.1 Å². The highest BCUT2D eigenvalue weighted by atomic mass is 19.1. The van der Waals surface area contributed by atoms with Crippen molar-refractivity contribution in [3.63, 3.8) is 0 Å². The van der Waals surface area contributed by atoms with E-state index in [1.165, 1.54) is 29.0 Å². The molecule has 0 radical (unpaired) electrons. The minimum atomic E-state index is -0.755. The molecular weight excluding hydrogens is 289 g/mol. The molecule has 0 atom stereocenters. The number of imidazole rings is 1. The van der Waals surface area contributed by atoms with Crippen LogP contribution in [-0.2, 0) is 9.31 Å². The third-order valence-electron chi connectivity index (χ3n) is 4.26. The Morgan fingerprint density at radius 2 is 1.73 bits per heavy atom. The van der Waals surface area contributed by atoms with Gasteiger partial charge in [0.25, 0.3) is 6.08 Å². The Bertz CT molecular complexity index is 699. The maximum atomic E-state index is 14.1. The minimum Gasteiger partial charge on any atom is -0.398 e. The zero-order valence-electron chi connectivity index (χ0n) is 12.9. The van der Waals surface area contributed by atoms with Crippen LogP contribution >= 0.6 is 0 Å². The number of halogens is 2. The molecule has 1 aromatic heterocycles.